The molecule has 0 unspecified atom stereocenters. The van der Waals surface area contributed by atoms with Gasteiger partial charge < -0.3 is 4.90 Å². The molecule has 0 amide bonds. The normalized spacial score (nSPS) is 19.8. The molecule has 0 N–H and O–H groups in total. The molecular weight excluding hydrogens is 282 g/mol. The molecule has 4 rings (SSSR count). The number of halogens is 1. The van der Waals surface area contributed by atoms with E-state index in [1.165, 1.54) is 25.7 Å². The second-order valence-electron chi connectivity index (χ2n) is 6.31. The van der Waals surface area contributed by atoms with Gasteiger partial charge in [0.25, 0.3) is 0 Å². The largest absolute Gasteiger partial charge is 0.355 e. The SMILES string of the molecule is Clc1cnc(N2CCC3(CC2)Cc2ccccc2C3)cn1. The Morgan fingerprint density at radius 2 is 1.62 bits per heavy atom. The van der Waals surface area contributed by atoms with Gasteiger partial charge in [-0.1, -0.05) is 35.9 Å². The Labute approximate surface area is 130 Å². The van der Waals surface area contributed by atoms with Gasteiger partial charge in [0.2, 0.25) is 0 Å². The number of aromatic nitrogens is 2. The van der Waals surface area contributed by atoms with Gasteiger partial charge in [-0.3, -0.25) is 0 Å². The maximum atomic E-state index is 5.81. The van der Waals surface area contributed by atoms with Crippen molar-refractivity contribution in [3.63, 3.8) is 0 Å². The van der Waals surface area contributed by atoms with Crippen LogP contribution in [-0.2, 0) is 12.8 Å². The first kappa shape index (κ1) is 13.1. The van der Waals surface area contributed by atoms with Crippen LogP contribution < -0.4 is 4.90 Å². The van der Waals surface area contributed by atoms with E-state index in [1.807, 2.05) is 0 Å². The summed E-state index contributed by atoms with van der Waals surface area (Å²) in [5.41, 5.74) is 3.58. The van der Waals surface area contributed by atoms with Crippen LogP contribution >= 0.6 is 11.6 Å². The van der Waals surface area contributed by atoms with Crippen LogP contribution in [0.4, 0.5) is 5.82 Å². The maximum absolute atomic E-state index is 5.81. The summed E-state index contributed by atoms with van der Waals surface area (Å²) < 4.78 is 0. The zero-order valence-electron chi connectivity index (χ0n) is 11.9. The molecule has 2 aromatic rings. The third-order valence-corrected chi connectivity index (χ3v) is 5.20. The van der Waals surface area contributed by atoms with Gasteiger partial charge in [0.15, 0.2) is 0 Å². The van der Waals surface area contributed by atoms with Gasteiger partial charge in [0.05, 0.1) is 12.4 Å². The van der Waals surface area contributed by atoms with Crippen LogP contribution in [0.2, 0.25) is 5.15 Å². The van der Waals surface area contributed by atoms with Crippen LogP contribution in [0.5, 0.6) is 0 Å². The Morgan fingerprint density at radius 1 is 0.952 bits per heavy atom. The first-order valence-corrected chi connectivity index (χ1v) is 7.91. The van der Waals surface area contributed by atoms with Gasteiger partial charge in [-0.05, 0) is 42.2 Å². The molecule has 1 saturated heterocycles. The lowest BCUT2D eigenvalue weighted by molar-refractivity contribution is 0.232. The minimum absolute atomic E-state index is 0.457. The van der Waals surface area contributed by atoms with Crippen molar-refractivity contribution in [1.82, 2.24) is 9.97 Å². The summed E-state index contributed by atoms with van der Waals surface area (Å²) in [5, 5.41) is 0.457. The van der Waals surface area contributed by atoms with Crippen molar-refractivity contribution in [3.05, 3.63) is 52.9 Å². The molecule has 1 aromatic carbocycles. The van der Waals surface area contributed by atoms with Crippen LogP contribution in [0.1, 0.15) is 24.0 Å². The van der Waals surface area contributed by atoms with Crippen LogP contribution in [-0.4, -0.2) is 23.1 Å². The van der Waals surface area contributed by atoms with Crippen LogP contribution in [0.25, 0.3) is 0 Å². The van der Waals surface area contributed by atoms with E-state index in [0.717, 1.165) is 18.9 Å². The number of hydrogen-bond donors (Lipinski definition) is 0. The summed E-state index contributed by atoms with van der Waals surface area (Å²) in [6, 6.07) is 8.91. The molecule has 108 valence electrons. The van der Waals surface area contributed by atoms with E-state index in [-0.39, 0.29) is 0 Å². The lowest BCUT2D eigenvalue weighted by atomic mass is 9.76. The van der Waals surface area contributed by atoms with Crippen LogP contribution in [0.15, 0.2) is 36.7 Å². The summed E-state index contributed by atoms with van der Waals surface area (Å²) in [4.78, 5) is 10.9. The number of rotatable bonds is 1. The Kier molecular flexibility index (Phi) is 3.11. The fourth-order valence-electron chi connectivity index (χ4n) is 3.81. The summed E-state index contributed by atoms with van der Waals surface area (Å²) >= 11 is 5.81. The Morgan fingerprint density at radius 3 is 2.19 bits per heavy atom. The topological polar surface area (TPSA) is 29.0 Å². The maximum Gasteiger partial charge on any atom is 0.147 e. The first-order valence-electron chi connectivity index (χ1n) is 7.53. The van der Waals surface area contributed by atoms with E-state index < -0.39 is 0 Å². The highest BCUT2D eigenvalue weighted by Gasteiger charge is 2.39. The zero-order valence-corrected chi connectivity index (χ0v) is 12.7. The summed E-state index contributed by atoms with van der Waals surface area (Å²) in [5.74, 6) is 0.949. The average Bonchev–Trinajstić information content (AvgIpc) is 2.87. The first-order chi connectivity index (χ1) is 10.2. The molecule has 3 nitrogen and oxygen atoms in total. The van der Waals surface area contributed by atoms with E-state index in [4.69, 9.17) is 11.6 Å². The Hall–Kier alpha value is -1.61. The lowest BCUT2D eigenvalue weighted by Crippen LogP contribution is -2.41. The number of fused-ring (bicyclic) bond motifs is 1. The smallest absolute Gasteiger partial charge is 0.147 e. The van der Waals surface area contributed by atoms with Gasteiger partial charge in [0, 0.05) is 13.1 Å². The monoisotopic (exact) mass is 299 g/mol. The quantitative estimate of drug-likeness (QED) is 0.807. The van der Waals surface area contributed by atoms with E-state index in [9.17, 15) is 0 Å². The number of benzene rings is 1. The summed E-state index contributed by atoms with van der Waals surface area (Å²) in [6.45, 7) is 2.12. The number of piperidine rings is 1. The third kappa shape index (κ3) is 2.40. The van der Waals surface area contributed by atoms with Crippen molar-refractivity contribution in [2.45, 2.75) is 25.7 Å². The van der Waals surface area contributed by atoms with Gasteiger partial charge in [-0.2, -0.15) is 0 Å². The van der Waals surface area contributed by atoms with Crippen molar-refractivity contribution in [2.75, 3.05) is 18.0 Å². The molecular formula is C17H18ClN3. The van der Waals surface area contributed by atoms with Gasteiger partial charge >= 0.3 is 0 Å². The molecule has 0 bridgehead atoms. The van der Waals surface area contributed by atoms with Crippen LogP contribution in [0.3, 0.4) is 0 Å². The molecule has 1 fully saturated rings. The molecule has 1 aliphatic heterocycles. The molecule has 0 radical (unpaired) electrons. The highest BCUT2D eigenvalue weighted by molar-refractivity contribution is 6.29. The van der Waals surface area contributed by atoms with E-state index >= 15 is 0 Å². The summed E-state index contributed by atoms with van der Waals surface area (Å²) in [7, 11) is 0. The predicted octanol–water partition coefficient (Wildman–Crippen LogP) is 3.52. The molecule has 1 aliphatic carbocycles. The molecule has 1 spiro atoms. The second kappa shape index (κ2) is 4.99. The highest BCUT2D eigenvalue weighted by Crippen LogP contribution is 2.44. The highest BCUT2D eigenvalue weighted by atomic mass is 35.5. The number of hydrogen-bond acceptors (Lipinski definition) is 3. The van der Waals surface area contributed by atoms with Gasteiger partial charge in [-0.25, -0.2) is 9.97 Å². The number of nitrogens with zero attached hydrogens (tertiary/aromatic N) is 3. The van der Waals surface area contributed by atoms with Gasteiger partial charge in [-0.15, -0.1) is 0 Å². The zero-order chi connectivity index (χ0) is 14.3. The molecule has 1 aromatic heterocycles. The number of anilines is 1. The standard InChI is InChI=1S/C17H18ClN3/c18-15-11-20-16(12-19-15)21-7-5-17(6-8-21)9-13-3-1-2-4-14(13)10-17/h1-4,11-12H,5-10H2. The average molecular weight is 300 g/mol. The van der Waals surface area contributed by atoms with Gasteiger partial charge in [0.1, 0.15) is 11.0 Å². The van der Waals surface area contributed by atoms with Crippen molar-refractivity contribution >= 4 is 17.4 Å². The van der Waals surface area contributed by atoms with E-state index in [1.54, 1.807) is 23.5 Å². The molecule has 2 aliphatic rings. The minimum Gasteiger partial charge on any atom is -0.355 e. The summed E-state index contributed by atoms with van der Waals surface area (Å²) in [6.07, 6.45) is 8.35. The Bertz CT molecular complexity index is 618. The van der Waals surface area contributed by atoms with Crippen molar-refractivity contribution in [3.8, 4) is 0 Å². The van der Waals surface area contributed by atoms with Crippen LogP contribution in [0, 0.1) is 5.41 Å². The molecule has 0 atom stereocenters. The fraction of sp³-hybridized carbons (Fsp3) is 0.412. The lowest BCUT2D eigenvalue weighted by Gasteiger charge is -2.39. The fourth-order valence-corrected chi connectivity index (χ4v) is 3.90. The Balaban J connectivity index is 1.47. The molecule has 2 heterocycles. The molecule has 4 heteroatoms. The van der Waals surface area contributed by atoms with Crippen molar-refractivity contribution in [1.29, 1.82) is 0 Å². The van der Waals surface area contributed by atoms with Crippen molar-refractivity contribution in [2.24, 2.45) is 5.41 Å². The molecule has 0 saturated carbocycles. The van der Waals surface area contributed by atoms with E-state index in [2.05, 4.69) is 39.1 Å². The third-order valence-electron chi connectivity index (χ3n) is 5.00. The minimum atomic E-state index is 0.457. The van der Waals surface area contributed by atoms with E-state index in [0.29, 0.717) is 10.6 Å². The molecule has 21 heavy (non-hydrogen) atoms. The second-order valence-corrected chi connectivity index (χ2v) is 6.69. The van der Waals surface area contributed by atoms with Crippen molar-refractivity contribution < 1.29 is 0 Å². The predicted molar refractivity (Wildman–Crippen MR) is 84.8 cm³/mol.